The van der Waals surface area contributed by atoms with Gasteiger partial charge in [-0.05, 0) is 61.3 Å². The Bertz CT molecular complexity index is 932. The largest absolute Gasteiger partial charge is 0.506 e. The maximum Gasteiger partial charge on any atom is 0.221 e. The third-order valence-corrected chi connectivity index (χ3v) is 5.56. The molecule has 8 N–H and O–H groups in total. The first-order chi connectivity index (χ1) is 17.2. The van der Waals surface area contributed by atoms with Crippen molar-refractivity contribution < 1.29 is 30.0 Å². The number of carbonyl (C=O) groups is 2. The molecule has 0 saturated heterocycles. The lowest BCUT2D eigenvalue weighted by Crippen LogP contribution is -2.23. The Balaban J connectivity index is 0.00000684. The standard InChI is InChI=1S/C26H38N4O6.2ClH/c1-17(31)29-21-13-19(7-9-23(21)33)25(35)15-27-11-5-3-4-6-12-28-16-26(36)20-8-10-24(34)22(14-20)30-18(2)32;;/h7-10,13-14,25-28,33-36H,3-6,11-12,15-16H2,1-2H3,(H,29,31)(H,30,32);2*1H. The van der Waals surface area contributed by atoms with Crippen molar-refractivity contribution >= 4 is 48.0 Å². The van der Waals surface area contributed by atoms with Crippen LogP contribution in [0, 0.1) is 0 Å². The molecule has 2 rings (SSSR count). The fourth-order valence-corrected chi connectivity index (χ4v) is 3.67. The third kappa shape index (κ3) is 12.8. The topological polar surface area (TPSA) is 163 Å². The molecule has 0 aliphatic rings. The van der Waals surface area contributed by atoms with E-state index < -0.39 is 12.2 Å². The number of anilines is 2. The van der Waals surface area contributed by atoms with Gasteiger partial charge in [-0.25, -0.2) is 0 Å². The molecule has 2 aromatic carbocycles. The van der Waals surface area contributed by atoms with Gasteiger partial charge in [0.25, 0.3) is 0 Å². The summed E-state index contributed by atoms with van der Waals surface area (Å²) in [6, 6.07) is 9.28. The Hall–Kier alpha value is -2.60. The van der Waals surface area contributed by atoms with Gasteiger partial charge in [0, 0.05) is 26.9 Å². The molecule has 0 aliphatic carbocycles. The van der Waals surface area contributed by atoms with Gasteiger partial charge in [0.2, 0.25) is 11.8 Å². The number of nitrogens with one attached hydrogen (secondary N) is 4. The first-order valence-electron chi connectivity index (χ1n) is 12.2. The van der Waals surface area contributed by atoms with Crippen LogP contribution in [0.1, 0.15) is 62.9 Å². The second kappa shape index (κ2) is 18.6. The number of aliphatic hydroxyl groups is 2. The lowest BCUT2D eigenvalue weighted by atomic mass is 10.1. The van der Waals surface area contributed by atoms with E-state index in [1.165, 1.54) is 26.0 Å². The summed E-state index contributed by atoms with van der Waals surface area (Å²) in [5.74, 6) is -0.684. The van der Waals surface area contributed by atoms with Gasteiger partial charge in [0.05, 0.1) is 23.6 Å². The maximum atomic E-state index is 11.2. The minimum atomic E-state index is -0.753. The molecule has 0 saturated carbocycles. The molecular weight excluding hydrogens is 535 g/mol. The number of hydrogen-bond acceptors (Lipinski definition) is 8. The summed E-state index contributed by atoms with van der Waals surface area (Å²) < 4.78 is 0. The lowest BCUT2D eigenvalue weighted by Gasteiger charge is -2.15. The van der Waals surface area contributed by atoms with E-state index in [1.54, 1.807) is 24.3 Å². The zero-order valence-corrected chi connectivity index (χ0v) is 23.3. The molecule has 12 heteroatoms. The van der Waals surface area contributed by atoms with E-state index in [0.717, 1.165) is 38.8 Å². The van der Waals surface area contributed by atoms with Crippen LogP contribution in [0.2, 0.25) is 0 Å². The van der Waals surface area contributed by atoms with Crippen LogP contribution in [-0.4, -0.2) is 58.4 Å². The first-order valence-corrected chi connectivity index (χ1v) is 12.2. The van der Waals surface area contributed by atoms with Crippen molar-refractivity contribution in [2.75, 3.05) is 36.8 Å². The van der Waals surface area contributed by atoms with Gasteiger partial charge >= 0.3 is 0 Å². The molecule has 214 valence electrons. The molecule has 10 nitrogen and oxygen atoms in total. The van der Waals surface area contributed by atoms with Crippen LogP contribution in [0.3, 0.4) is 0 Å². The van der Waals surface area contributed by atoms with E-state index in [-0.39, 0.29) is 59.5 Å². The molecule has 0 spiro atoms. The highest BCUT2D eigenvalue weighted by atomic mass is 35.5. The highest BCUT2D eigenvalue weighted by Gasteiger charge is 2.12. The van der Waals surface area contributed by atoms with Gasteiger partial charge in [0.1, 0.15) is 11.5 Å². The van der Waals surface area contributed by atoms with Crippen molar-refractivity contribution in [3.05, 3.63) is 47.5 Å². The zero-order valence-electron chi connectivity index (χ0n) is 21.7. The Morgan fingerprint density at radius 3 is 1.39 bits per heavy atom. The summed E-state index contributed by atoms with van der Waals surface area (Å²) >= 11 is 0. The normalized spacial score (nSPS) is 12.0. The zero-order chi connectivity index (χ0) is 26.5. The number of benzene rings is 2. The average molecular weight is 576 g/mol. The molecule has 2 amide bonds. The molecule has 2 unspecified atom stereocenters. The van der Waals surface area contributed by atoms with Crippen LogP contribution >= 0.6 is 24.8 Å². The number of amides is 2. The van der Waals surface area contributed by atoms with Gasteiger partial charge in [0.15, 0.2) is 0 Å². The molecule has 0 aliphatic heterocycles. The van der Waals surface area contributed by atoms with Crippen LogP contribution in [-0.2, 0) is 9.59 Å². The molecule has 0 fully saturated rings. The van der Waals surface area contributed by atoms with E-state index in [4.69, 9.17) is 0 Å². The number of halogens is 2. The predicted octanol–water partition coefficient (Wildman–Crippen LogP) is 3.36. The van der Waals surface area contributed by atoms with E-state index in [1.807, 2.05) is 0 Å². The highest BCUT2D eigenvalue weighted by Crippen LogP contribution is 2.28. The Morgan fingerprint density at radius 1 is 0.684 bits per heavy atom. The first kappa shape index (κ1) is 35.4. The summed E-state index contributed by atoms with van der Waals surface area (Å²) in [5.41, 5.74) is 1.77. The maximum absolute atomic E-state index is 11.2. The minimum Gasteiger partial charge on any atom is -0.506 e. The number of phenols is 2. The van der Waals surface area contributed by atoms with Crippen LogP contribution < -0.4 is 21.3 Å². The summed E-state index contributed by atoms with van der Waals surface area (Å²) in [6.07, 6.45) is 2.46. The van der Waals surface area contributed by atoms with Crippen LogP contribution in [0.25, 0.3) is 0 Å². The number of rotatable bonds is 15. The number of unbranched alkanes of at least 4 members (excludes halogenated alkanes) is 3. The summed E-state index contributed by atoms with van der Waals surface area (Å²) in [4.78, 5) is 22.4. The quantitative estimate of drug-likeness (QED) is 0.118. The van der Waals surface area contributed by atoms with Crippen molar-refractivity contribution in [1.29, 1.82) is 0 Å². The molecule has 0 radical (unpaired) electrons. The second-order valence-corrected chi connectivity index (χ2v) is 8.77. The number of aliphatic hydroxyl groups excluding tert-OH is 2. The Morgan fingerprint density at radius 2 is 1.05 bits per heavy atom. The number of phenolic OH excluding ortho intramolecular Hbond substituents is 2. The van der Waals surface area contributed by atoms with Crippen LogP contribution in [0.4, 0.5) is 11.4 Å². The molecule has 0 heterocycles. The number of carbonyl (C=O) groups excluding carboxylic acids is 2. The van der Waals surface area contributed by atoms with Crippen molar-refractivity contribution in [2.45, 2.75) is 51.7 Å². The van der Waals surface area contributed by atoms with Crippen molar-refractivity contribution in [3.8, 4) is 11.5 Å². The van der Waals surface area contributed by atoms with Gasteiger partial charge in [-0.2, -0.15) is 0 Å². The summed E-state index contributed by atoms with van der Waals surface area (Å²) in [6.45, 7) is 4.96. The average Bonchev–Trinajstić information content (AvgIpc) is 2.82. The van der Waals surface area contributed by atoms with Crippen molar-refractivity contribution in [2.24, 2.45) is 0 Å². The molecule has 0 aromatic heterocycles. The van der Waals surface area contributed by atoms with Gasteiger partial charge in [-0.3, -0.25) is 9.59 Å². The monoisotopic (exact) mass is 574 g/mol. The minimum absolute atomic E-state index is 0. The van der Waals surface area contributed by atoms with Gasteiger partial charge < -0.3 is 41.7 Å². The van der Waals surface area contributed by atoms with E-state index in [9.17, 15) is 30.0 Å². The molecule has 2 atom stereocenters. The molecular formula is C26H40Cl2N4O6. The molecule has 2 aromatic rings. The van der Waals surface area contributed by atoms with E-state index >= 15 is 0 Å². The fraction of sp³-hybridized carbons (Fsp3) is 0.462. The second-order valence-electron chi connectivity index (χ2n) is 8.77. The highest BCUT2D eigenvalue weighted by molar-refractivity contribution is 5.91. The van der Waals surface area contributed by atoms with E-state index in [0.29, 0.717) is 24.2 Å². The smallest absolute Gasteiger partial charge is 0.221 e. The summed E-state index contributed by atoms with van der Waals surface area (Å²) in [5, 5.41) is 51.8. The number of aromatic hydroxyl groups is 2. The van der Waals surface area contributed by atoms with Crippen molar-refractivity contribution in [3.63, 3.8) is 0 Å². The Kier molecular flexibility index (Phi) is 17.3. The van der Waals surface area contributed by atoms with Gasteiger partial charge in [-0.1, -0.05) is 25.0 Å². The fourth-order valence-electron chi connectivity index (χ4n) is 3.67. The molecule has 38 heavy (non-hydrogen) atoms. The van der Waals surface area contributed by atoms with Crippen molar-refractivity contribution in [1.82, 2.24) is 10.6 Å². The molecule has 0 bridgehead atoms. The van der Waals surface area contributed by atoms with Gasteiger partial charge in [-0.15, -0.1) is 24.8 Å². The number of hydrogen-bond donors (Lipinski definition) is 8. The SMILES string of the molecule is CC(=O)Nc1cc(C(O)CNCCCCCCNCC(O)c2ccc(O)c(NC(C)=O)c2)ccc1O.Cl.Cl. The lowest BCUT2D eigenvalue weighted by molar-refractivity contribution is -0.115. The van der Waals surface area contributed by atoms with Crippen LogP contribution in [0.15, 0.2) is 36.4 Å². The summed E-state index contributed by atoms with van der Waals surface area (Å²) in [7, 11) is 0. The predicted molar refractivity (Wildman–Crippen MR) is 153 cm³/mol. The van der Waals surface area contributed by atoms with E-state index in [2.05, 4.69) is 21.3 Å². The van der Waals surface area contributed by atoms with Crippen LogP contribution in [0.5, 0.6) is 11.5 Å². The third-order valence-electron chi connectivity index (χ3n) is 5.56. The Labute approximate surface area is 236 Å².